The van der Waals surface area contributed by atoms with Crippen LogP contribution in [-0.4, -0.2) is 103 Å². The largest absolute Gasteiger partial charge is 0.370 e. The Hall–Kier alpha value is -3.33. The van der Waals surface area contributed by atoms with Crippen LogP contribution in [0.5, 0.6) is 0 Å². The molecule has 2 saturated heterocycles. The van der Waals surface area contributed by atoms with E-state index in [4.69, 9.17) is 10.7 Å². The SMILES string of the molecule is CN1CCCN(CCN(CCCN2CCCCC2)c2cc(-c3ccc(/C=C/C(N)=O)cc3)nc3ccncc23)CC1. The smallest absolute Gasteiger partial charge is 0.241 e. The first-order chi connectivity index (χ1) is 20.0. The molecular formula is C33H45N7O. The molecule has 0 bridgehead atoms. The third kappa shape index (κ3) is 8.35. The lowest BCUT2D eigenvalue weighted by Gasteiger charge is -2.31. The highest BCUT2D eigenvalue weighted by Gasteiger charge is 2.18. The van der Waals surface area contributed by atoms with E-state index in [1.165, 1.54) is 57.1 Å². The Bertz CT molecular complexity index is 1300. The van der Waals surface area contributed by atoms with Crippen LogP contribution in [0.3, 0.4) is 0 Å². The van der Waals surface area contributed by atoms with Crippen molar-refractivity contribution >= 4 is 28.6 Å². The number of pyridine rings is 2. The summed E-state index contributed by atoms with van der Waals surface area (Å²) in [7, 11) is 2.23. The van der Waals surface area contributed by atoms with E-state index in [1.807, 2.05) is 30.6 Å². The number of fused-ring (bicyclic) bond motifs is 1. The van der Waals surface area contributed by atoms with E-state index in [1.54, 1.807) is 6.08 Å². The quantitative estimate of drug-likeness (QED) is 0.357. The molecule has 0 spiro atoms. The van der Waals surface area contributed by atoms with Gasteiger partial charge in [-0.25, -0.2) is 4.98 Å². The van der Waals surface area contributed by atoms with E-state index in [9.17, 15) is 4.79 Å². The average Bonchev–Trinajstić information content (AvgIpc) is 3.21. The number of hydrogen-bond donors (Lipinski definition) is 1. The lowest BCUT2D eigenvalue weighted by molar-refractivity contribution is -0.113. The molecule has 8 nitrogen and oxygen atoms in total. The molecule has 218 valence electrons. The van der Waals surface area contributed by atoms with Crippen molar-refractivity contribution in [2.75, 3.05) is 77.4 Å². The fourth-order valence-electron chi connectivity index (χ4n) is 6.01. The van der Waals surface area contributed by atoms with Crippen LogP contribution < -0.4 is 10.6 Å². The van der Waals surface area contributed by atoms with Gasteiger partial charge in [0.1, 0.15) is 0 Å². The monoisotopic (exact) mass is 555 g/mol. The van der Waals surface area contributed by atoms with Crippen LogP contribution in [0.2, 0.25) is 0 Å². The Balaban J connectivity index is 1.41. The average molecular weight is 556 g/mol. The van der Waals surface area contributed by atoms with Crippen LogP contribution in [0.4, 0.5) is 5.69 Å². The molecule has 2 aromatic heterocycles. The van der Waals surface area contributed by atoms with Crippen LogP contribution in [0, 0.1) is 0 Å². The molecule has 2 N–H and O–H groups in total. The molecule has 1 aromatic carbocycles. The fourth-order valence-corrected chi connectivity index (χ4v) is 6.01. The zero-order valence-electron chi connectivity index (χ0n) is 24.5. The van der Waals surface area contributed by atoms with Crippen molar-refractivity contribution < 1.29 is 4.79 Å². The molecule has 0 unspecified atom stereocenters. The summed E-state index contributed by atoms with van der Waals surface area (Å²) >= 11 is 0. The predicted molar refractivity (Wildman–Crippen MR) is 169 cm³/mol. The molecule has 2 fully saturated rings. The van der Waals surface area contributed by atoms with E-state index in [0.717, 1.165) is 80.0 Å². The first-order valence-corrected chi connectivity index (χ1v) is 15.3. The lowest BCUT2D eigenvalue weighted by Crippen LogP contribution is -2.39. The van der Waals surface area contributed by atoms with Gasteiger partial charge in [0.05, 0.1) is 11.2 Å². The Morgan fingerprint density at radius 3 is 2.51 bits per heavy atom. The highest BCUT2D eigenvalue weighted by molar-refractivity contribution is 5.94. The molecule has 0 aliphatic carbocycles. The number of primary amides is 1. The minimum atomic E-state index is -0.448. The van der Waals surface area contributed by atoms with Crippen molar-refractivity contribution in [3.8, 4) is 11.3 Å². The molecule has 2 aliphatic heterocycles. The molecule has 0 atom stereocenters. The Morgan fingerprint density at radius 1 is 0.927 bits per heavy atom. The predicted octanol–water partition coefficient (Wildman–Crippen LogP) is 4.12. The Labute approximate surface area is 244 Å². The molecule has 4 heterocycles. The summed E-state index contributed by atoms with van der Waals surface area (Å²) in [4.78, 5) is 31.0. The molecule has 8 heteroatoms. The fraction of sp³-hybridized carbons (Fsp3) is 0.485. The number of benzene rings is 1. The van der Waals surface area contributed by atoms with Crippen molar-refractivity contribution in [2.45, 2.75) is 32.1 Å². The molecule has 5 rings (SSSR count). The number of carbonyl (C=O) groups excluding carboxylic acids is 1. The first kappa shape index (κ1) is 29.2. The number of likely N-dealkylation sites (tertiary alicyclic amines) is 1. The van der Waals surface area contributed by atoms with Crippen molar-refractivity contribution in [3.05, 3.63) is 60.4 Å². The molecule has 0 saturated carbocycles. The molecule has 0 radical (unpaired) electrons. The third-order valence-electron chi connectivity index (χ3n) is 8.42. The summed E-state index contributed by atoms with van der Waals surface area (Å²) in [5.41, 5.74) is 10.4. The second-order valence-electron chi connectivity index (χ2n) is 11.5. The summed E-state index contributed by atoms with van der Waals surface area (Å²) in [6, 6.07) is 12.4. The van der Waals surface area contributed by atoms with Gasteiger partial charge in [0, 0.05) is 67.8 Å². The second kappa shape index (κ2) is 14.5. The van der Waals surface area contributed by atoms with Gasteiger partial charge in [0.2, 0.25) is 5.91 Å². The first-order valence-electron chi connectivity index (χ1n) is 15.3. The highest BCUT2D eigenvalue weighted by Crippen LogP contribution is 2.31. The maximum atomic E-state index is 11.1. The standard InChI is InChI=1S/C33H45N7O/c1-37-15-5-18-39(22-21-37)23-24-40(20-6-19-38-16-3-2-4-17-38)32-25-31(36-30-13-14-35-26-29(30)32)28-10-7-27(8-11-28)9-12-33(34)41/h7-14,25-26H,2-6,15-24H2,1H3,(H2,34,41)/b12-9+. The van der Waals surface area contributed by atoms with Crippen LogP contribution in [0.25, 0.3) is 28.2 Å². The van der Waals surface area contributed by atoms with Crippen molar-refractivity contribution in [2.24, 2.45) is 5.73 Å². The number of hydrogen-bond acceptors (Lipinski definition) is 7. The Kier molecular flexibility index (Phi) is 10.3. The highest BCUT2D eigenvalue weighted by atomic mass is 16.1. The number of nitrogens with zero attached hydrogens (tertiary/aromatic N) is 6. The van der Waals surface area contributed by atoms with E-state index in [2.05, 4.69) is 49.8 Å². The lowest BCUT2D eigenvalue weighted by atomic mass is 10.1. The molecule has 41 heavy (non-hydrogen) atoms. The molecular weight excluding hydrogens is 510 g/mol. The molecule has 1 amide bonds. The third-order valence-corrected chi connectivity index (χ3v) is 8.42. The number of anilines is 1. The van der Waals surface area contributed by atoms with E-state index in [-0.39, 0.29) is 0 Å². The number of amides is 1. The van der Waals surface area contributed by atoms with Crippen LogP contribution in [0.1, 0.15) is 37.7 Å². The van der Waals surface area contributed by atoms with Gasteiger partial charge in [0.25, 0.3) is 0 Å². The van der Waals surface area contributed by atoms with Crippen LogP contribution in [0.15, 0.2) is 54.9 Å². The summed E-state index contributed by atoms with van der Waals surface area (Å²) in [6.07, 6.45) is 13.3. The molecule has 3 aromatic rings. The van der Waals surface area contributed by atoms with Crippen molar-refractivity contribution in [3.63, 3.8) is 0 Å². The number of nitrogens with two attached hydrogens (primary N) is 1. The van der Waals surface area contributed by atoms with E-state index >= 15 is 0 Å². The van der Waals surface area contributed by atoms with E-state index in [0.29, 0.717) is 0 Å². The second-order valence-corrected chi connectivity index (χ2v) is 11.5. The zero-order chi connectivity index (χ0) is 28.4. The maximum absolute atomic E-state index is 11.1. The van der Waals surface area contributed by atoms with Gasteiger partial charge in [-0.2, -0.15) is 0 Å². The number of piperidine rings is 1. The van der Waals surface area contributed by atoms with Gasteiger partial charge < -0.3 is 25.3 Å². The topological polar surface area (TPSA) is 81.8 Å². The zero-order valence-corrected chi connectivity index (χ0v) is 24.5. The molecule has 2 aliphatic rings. The van der Waals surface area contributed by atoms with Gasteiger partial charge in [-0.05, 0) is 89.2 Å². The van der Waals surface area contributed by atoms with Gasteiger partial charge >= 0.3 is 0 Å². The maximum Gasteiger partial charge on any atom is 0.241 e. The van der Waals surface area contributed by atoms with Crippen molar-refractivity contribution in [1.29, 1.82) is 0 Å². The summed E-state index contributed by atoms with van der Waals surface area (Å²) in [6.45, 7) is 11.3. The summed E-state index contributed by atoms with van der Waals surface area (Å²) in [5, 5.41) is 1.10. The van der Waals surface area contributed by atoms with Crippen LogP contribution >= 0.6 is 0 Å². The Morgan fingerprint density at radius 2 is 1.71 bits per heavy atom. The summed E-state index contributed by atoms with van der Waals surface area (Å²) in [5.74, 6) is -0.448. The normalized spacial score (nSPS) is 17.7. The number of aromatic nitrogens is 2. The van der Waals surface area contributed by atoms with Gasteiger partial charge in [0.15, 0.2) is 0 Å². The van der Waals surface area contributed by atoms with Gasteiger partial charge in [-0.1, -0.05) is 30.7 Å². The van der Waals surface area contributed by atoms with Crippen LogP contribution in [-0.2, 0) is 4.79 Å². The minimum Gasteiger partial charge on any atom is -0.370 e. The number of carbonyl (C=O) groups is 1. The minimum absolute atomic E-state index is 0.448. The van der Waals surface area contributed by atoms with E-state index < -0.39 is 5.91 Å². The number of likely N-dealkylation sites (N-methyl/N-ethyl adjacent to an activating group) is 1. The number of rotatable bonds is 11. The van der Waals surface area contributed by atoms with Crippen molar-refractivity contribution in [1.82, 2.24) is 24.7 Å². The van der Waals surface area contributed by atoms with Gasteiger partial charge in [-0.15, -0.1) is 0 Å². The van der Waals surface area contributed by atoms with Gasteiger partial charge in [-0.3, -0.25) is 9.78 Å². The summed E-state index contributed by atoms with van der Waals surface area (Å²) < 4.78 is 0.